The first-order valence-electron chi connectivity index (χ1n) is 7.95. The van der Waals surface area contributed by atoms with Crippen LogP contribution in [0.3, 0.4) is 0 Å². The zero-order valence-electron chi connectivity index (χ0n) is 13.5. The smallest absolute Gasteiger partial charge is 0.0543 e. The van der Waals surface area contributed by atoms with Gasteiger partial charge in [-0.25, -0.2) is 0 Å². The van der Waals surface area contributed by atoms with Crippen molar-refractivity contribution in [3.8, 4) is 0 Å². The first-order chi connectivity index (χ1) is 9.45. The molecule has 20 heavy (non-hydrogen) atoms. The van der Waals surface area contributed by atoms with E-state index in [-0.39, 0.29) is 5.54 Å². The van der Waals surface area contributed by atoms with Crippen molar-refractivity contribution in [2.75, 3.05) is 19.6 Å². The number of nitrogens with one attached hydrogen (secondary N) is 1. The lowest BCUT2D eigenvalue weighted by molar-refractivity contribution is 0.209. The monoisotopic (exact) mass is 278 g/mol. The molecule has 114 valence electrons. The van der Waals surface area contributed by atoms with Crippen molar-refractivity contribution in [1.82, 2.24) is 20.0 Å². The van der Waals surface area contributed by atoms with E-state index in [1.807, 2.05) is 10.9 Å². The van der Waals surface area contributed by atoms with E-state index in [1.54, 1.807) is 0 Å². The van der Waals surface area contributed by atoms with Crippen LogP contribution in [0, 0.1) is 0 Å². The Morgan fingerprint density at radius 3 is 2.55 bits per heavy atom. The Kier molecular flexibility index (Phi) is 5.22. The predicted molar refractivity (Wildman–Crippen MR) is 83.8 cm³/mol. The quantitative estimate of drug-likeness (QED) is 0.899. The second-order valence-electron chi connectivity index (χ2n) is 7.11. The highest BCUT2D eigenvalue weighted by atomic mass is 15.3. The molecule has 1 aromatic rings. The van der Waals surface area contributed by atoms with Crippen LogP contribution in [0.1, 0.15) is 52.5 Å². The highest BCUT2D eigenvalue weighted by Gasteiger charge is 2.15. The molecule has 1 atom stereocenters. The van der Waals surface area contributed by atoms with Crippen LogP contribution in [0.4, 0.5) is 0 Å². The van der Waals surface area contributed by atoms with Gasteiger partial charge in [0.05, 0.1) is 11.7 Å². The van der Waals surface area contributed by atoms with Gasteiger partial charge in [0.1, 0.15) is 0 Å². The van der Waals surface area contributed by atoms with Crippen molar-refractivity contribution < 1.29 is 0 Å². The Morgan fingerprint density at radius 1 is 1.25 bits per heavy atom. The van der Waals surface area contributed by atoms with E-state index in [9.17, 15) is 0 Å². The number of hydrogen-bond acceptors (Lipinski definition) is 3. The molecule has 1 aliphatic heterocycles. The summed E-state index contributed by atoms with van der Waals surface area (Å²) in [6.45, 7) is 13.4. The van der Waals surface area contributed by atoms with Crippen LogP contribution in [0.15, 0.2) is 12.4 Å². The second-order valence-corrected chi connectivity index (χ2v) is 7.11. The largest absolute Gasteiger partial charge is 0.309 e. The number of rotatable bonds is 5. The normalized spacial score (nSPS) is 19.2. The van der Waals surface area contributed by atoms with E-state index in [2.05, 4.69) is 49.2 Å². The molecule has 1 fully saturated rings. The van der Waals surface area contributed by atoms with Gasteiger partial charge in [-0.15, -0.1) is 0 Å². The Morgan fingerprint density at radius 2 is 1.95 bits per heavy atom. The zero-order valence-corrected chi connectivity index (χ0v) is 13.5. The summed E-state index contributed by atoms with van der Waals surface area (Å²) in [5.74, 6) is 0. The molecule has 1 unspecified atom stereocenters. The van der Waals surface area contributed by atoms with Crippen LogP contribution in [0.5, 0.6) is 0 Å². The number of likely N-dealkylation sites (tertiary alicyclic amines) is 1. The average Bonchev–Trinajstić information content (AvgIpc) is 2.86. The standard InChI is InChI=1S/C16H30N4/c1-14(12-19-8-6-5-7-9-19)17-10-15-11-18-20(13-15)16(2,3)4/h11,13-14,17H,5-10,12H2,1-4H3. The van der Waals surface area contributed by atoms with Crippen molar-refractivity contribution in [3.63, 3.8) is 0 Å². The molecule has 2 heterocycles. The minimum atomic E-state index is 0.0671. The zero-order chi connectivity index (χ0) is 14.6. The Hall–Kier alpha value is -0.870. The fourth-order valence-corrected chi connectivity index (χ4v) is 2.70. The van der Waals surface area contributed by atoms with Crippen LogP contribution in [0.25, 0.3) is 0 Å². The van der Waals surface area contributed by atoms with E-state index < -0.39 is 0 Å². The molecule has 0 aliphatic carbocycles. The Bertz CT molecular complexity index is 399. The average molecular weight is 278 g/mol. The van der Waals surface area contributed by atoms with Gasteiger partial charge >= 0.3 is 0 Å². The third-order valence-electron chi connectivity index (χ3n) is 3.96. The molecule has 1 saturated heterocycles. The minimum absolute atomic E-state index is 0.0671. The van der Waals surface area contributed by atoms with Gasteiger partial charge in [0.15, 0.2) is 0 Å². The summed E-state index contributed by atoms with van der Waals surface area (Å²) >= 11 is 0. The number of piperidine rings is 1. The molecule has 1 aromatic heterocycles. The van der Waals surface area contributed by atoms with E-state index in [1.165, 1.54) is 37.9 Å². The molecule has 2 rings (SSSR count). The summed E-state index contributed by atoms with van der Waals surface area (Å²) in [7, 11) is 0. The van der Waals surface area contributed by atoms with Crippen LogP contribution in [0.2, 0.25) is 0 Å². The van der Waals surface area contributed by atoms with Crippen molar-refractivity contribution in [3.05, 3.63) is 18.0 Å². The maximum absolute atomic E-state index is 4.45. The maximum Gasteiger partial charge on any atom is 0.0543 e. The second kappa shape index (κ2) is 6.72. The molecular formula is C16H30N4. The van der Waals surface area contributed by atoms with Gasteiger partial charge in [-0.1, -0.05) is 6.42 Å². The minimum Gasteiger partial charge on any atom is -0.309 e. The molecule has 4 nitrogen and oxygen atoms in total. The molecular weight excluding hydrogens is 248 g/mol. The Balaban J connectivity index is 1.75. The predicted octanol–water partition coefficient (Wildman–Crippen LogP) is 2.60. The fourth-order valence-electron chi connectivity index (χ4n) is 2.70. The molecule has 1 aliphatic rings. The third kappa shape index (κ3) is 4.60. The highest BCUT2D eigenvalue weighted by molar-refractivity contribution is 5.05. The fraction of sp³-hybridized carbons (Fsp3) is 0.812. The van der Waals surface area contributed by atoms with E-state index in [0.29, 0.717) is 6.04 Å². The lowest BCUT2D eigenvalue weighted by atomic mass is 10.1. The summed E-state index contributed by atoms with van der Waals surface area (Å²) in [4.78, 5) is 2.58. The van der Waals surface area contributed by atoms with Crippen molar-refractivity contribution in [2.24, 2.45) is 0 Å². The van der Waals surface area contributed by atoms with Crippen LogP contribution in [-0.2, 0) is 12.1 Å². The number of aromatic nitrogens is 2. The first-order valence-corrected chi connectivity index (χ1v) is 7.95. The Labute approximate surface area is 123 Å². The highest BCUT2D eigenvalue weighted by Crippen LogP contribution is 2.13. The summed E-state index contributed by atoms with van der Waals surface area (Å²) < 4.78 is 2.04. The SMILES string of the molecule is CC(CN1CCCCC1)NCc1cnn(C(C)(C)C)c1. The van der Waals surface area contributed by atoms with Gasteiger partial charge in [-0.05, 0) is 53.6 Å². The number of nitrogens with zero attached hydrogens (tertiary/aromatic N) is 3. The molecule has 1 N–H and O–H groups in total. The third-order valence-corrected chi connectivity index (χ3v) is 3.96. The lowest BCUT2D eigenvalue weighted by Gasteiger charge is -2.29. The van der Waals surface area contributed by atoms with Gasteiger partial charge in [-0.3, -0.25) is 4.68 Å². The van der Waals surface area contributed by atoms with Crippen LogP contribution in [-0.4, -0.2) is 40.4 Å². The summed E-state index contributed by atoms with van der Waals surface area (Å²) in [6.07, 6.45) is 8.27. The first kappa shape index (κ1) is 15.5. The maximum atomic E-state index is 4.45. The molecule has 0 aromatic carbocycles. The van der Waals surface area contributed by atoms with Gasteiger partial charge in [0, 0.05) is 30.9 Å². The molecule has 0 saturated carbocycles. The van der Waals surface area contributed by atoms with E-state index in [4.69, 9.17) is 0 Å². The van der Waals surface area contributed by atoms with Gasteiger partial charge < -0.3 is 10.2 Å². The molecule has 0 bridgehead atoms. The topological polar surface area (TPSA) is 33.1 Å². The number of hydrogen-bond donors (Lipinski definition) is 1. The van der Waals surface area contributed by atoms with E-state index >= 15 is 0 Å². The molecule has 0 amide bonds. The molecule has 4 heteroatoms. The summed E-state index contributed by atoms with van der Waals surface area (Å²) in [5.41, 5.74) is 1.34. The van der Waals surface area contributed by atoms with Crippen molar-refractivity contribution >= 4 is 0 Å². The summed E-state index contributed by atoms with van der Waals surface area (Å²) in [5, 5.41) is 8.06. The van der Waals surface area contributed by atoms with Gasteiger partial charge in [-0.2, -0.15) is 5.10 Å². The van der Waals surface area contributed by atoms with Crippen LogP contribution < -0.4 is 5.32 Å². The van der Waals surface area contributed by atoms with Crippen molar-refractivity contribution in [2.45, 2.75) is 65.1 Å². The summed E-state index contributed by atoms with van der Waals surface area (Å²) in [6, 6.07) is 0.533. The van der Waals surface area contributed by atoms with Gasteiger partial charge in [0.2, 0.25) is 0 Å². The van der Waals surface area contributed by atoms with Crippen molar-refractivity contribution in [1.29, 1.82) is 0 Å². The van der Waals surface area contributed by atoms with E-state index in [0.717, 1.165) is 13.1 Å². The van der Waals surface area contributed by atoms with Crippen LogP contribution >= 0.6 is 0 Å². The lowest BCUT2D eigenvalue weighted by Crippen LogP contribution is -2.41. The molecule has 0 spiro atoms. The molecule has 0 radical (unpaired) electrons. The van der Waals surface area contributed by atoms with Gasteiger partial charge in [0.25, 0.3) is 0 Å².